The van der Waals surface area contributed by atoms with Gasteiger partial charge < -0.3 is 25.5 Å². The Morgan fingerprint density at radius 2 is 1.90 bits per heavy atom. The largest absolute Gasteiger partial charge is 0.490 e. The number of aromatic nitrogens is 2. The van der Waals surface area contributed by atoms with E-state index < -0.39 is 5.91 Å². The predicted molar refractivity (Wildman–Crippen MR) is 119 cm³/mol. The number of benzene rings is 1. The Hall–Kier alpha value is -2.85. The Kier molecular flexibility index (Phi) is 7.11. The molecule has 30 heavy (non-hydrogen) atoms. The molecule has 8 nitrogen and oxygen atoms in total. The van der Waals surface area contributed by atoms with Gasteiger partial charge in [0.15, 0.2) is 16.6 Å². The van der Waals surface area contributed by atoms with Gasteiger partial charge in [0.2, 0.25) is 5.91 Å². The molecule has 1 aromatic carbocycles. The standard InChI is InChI=1S/C20H21BrN4O4S/c1-3-28-16-6-11(13(21)8-17(16)29-4-2)7-18(26)25-20-24-15(10-30-20)12-5-14(19(22)27)23-9-12/h5-6,8-10,23H,3-4,7H2,1-2H3,(H2,22,27)(H,24,25,26). The van der Waals surface area contributed by atoms with Crippen molar-refractivity contribution in [3.8, 4) is 22.8 Å². The number of nitrogens with two attached hydrogens (primary N) is 1. The minimum absolute atomic E-state index is 0.137. The maximum Gasteiger partial charge on any atom is 0.265 e. The molecule has 0 saturated carbocycles. The van der Waals surface area contributed by atoms with Crippen molar-refractivity contribution in [3.63, 3.8) is 0 Å². The molecule has 0 fully saturated rings. The second-order valence-electron chi connectivity index (χ2n) is 6.19. The fourth-order valence-electron chi connectivity index (χ4n) is 2.73. The van der Waals surface area contributed by atoms with Crippen LogP contribution in [0, 0.1) is 0 Å². The van der Waals surface area contributed by atoms with Crippen molar-refractivity contribution in [2.75, 3.05) is 18.5 Å². The number of primary amides is 1. The van der Waals surface area contributed by atoms with Gasteiger partial charge in [-0.3, -0.25) is 9.59 Å². The molecule has 2 heterocycles. The molecule has 0 atom stereocenters. The SMILES string of the molecule is CCOc1cc(Br)c(CC(=O)Nc2nc(-c3c[nH]c(C(N)=O)c3)cs2)cc1OCC. The number of carbonyl (C=O) groups is 2. The summed E-state index contributed by atoms with van der Waals surface area (Å²) in [5.41, 5.74) is 7.68. The first-order valence-corrected chi connectivity index (χ1v) is 10.9. The molecule has 0 unspecified atom stereocenters. The number of ether oxygens (including phenoxy) is 2. The maximum absolute atomic E-state index is 12.5. The number of anilines is 1. The Bertz CT molecular complexity index is 1060. The zero-order chi connectivity index (χ0) is 21.7. The van der Waals surface area contributed by atoms with E-state index in [9.17, 15) is 9.59 Å². The van der Waals surface area contributed by atoms with Crippen LogP contribution in [-0.2, 0) is 11.2 Å². The highest BCUT2D eigenvalue weighted by Gasteiger charge is 2.15. The highest BCUT2D eigenvalue weighted by atomic mass is 79.9. The van der Waals surface area contributed by atoms with E-state index in [0.717, 1.165) is 15.6 Å². The van der Waals surface area contributed by atoms with Crippen molar-refractivity contribution in [2.24, 2.45) is 5.73 Å². The number of rotatable bonds is 9. The summed E-state index contributed by atoms with van der Waals surface area (Å²) < 4.78 is 12.0. The molecule has 0 spiro atoms. The van der Waals surface area contributed by atoms with Crippen LogP contribution < -0.4 is 20.5 Å². The molecule has 0 bridgehead atoms. The van der Waals surface area contributed by atoms with E-state index in [1.54, 1.807) is 29.8 Å². The number of carbonyl (C=O) groups excluding carboxylic acids is 2. The van der Waals surface area contributed by atoms with Gasteiger partial charge in [0.1, 0.15) is 5.69 Å². The van der Waals surface area contributed by atoms with Crippen molar-refractivity contribution in [2.45, 2.75) is 20.3 Å². The smallest absolute Gasteiger partial charge is 0.265 e. The minimum atomic E-state index is -0.544. The molecule has 3 rings (SSSR count). The van der Waals surface area contributed by atoms with Gasteiger partial charge in [-0.05, 0) is 37.6 Å². The molecule has 4 N–H and O–H groups in total. The number of thiazole rings is 1. The van der Waals surface area contributed by atoms with Crippen LogP contribution >= 0.6 is 27.3 Å². The summed E-state index contributed by atoms with van der Waals surface area (Å²) in [6.45, 7) is 4.79. The highest BCUT2D eigenvalue weighted by molar-refractivity contribution is 9.10. The van der Waals surface area contributed by atoms with E-state index in [0.29, 0.717) is 41.2 Å². The molecule has 0 saturated heterocycles. The fraction of sp³-hybridized carbons (Fsp3) is 0.250. The lowest BCUT2D eigenvalue weighted by Crippen LogP contribution is -2.14. The van der Waals surface area contributed by atoms with E-state index in [1.165, 1.54) is 11.3 Å². The number of hydrogen-bond donors (Lipinski definition) is 3. The van der Waals surface area contributed by atoms with E-state index in [2.05, 4.69) is 31.2 Å². The molecule has 10 heteroatoms. The van der Waals surface area contributed by atoms with Crippen LogP contribution in [0.25, 0.3) is 11.3 Å². The summed E-state index contributed by atoms with van der Waals surface area (Å²) in [4.78, 5) is 31.0. The van der Waals surface area contributed by atoms with Crippen LogP contribution in [0.5, 0.6) is 11.5 Å². The third kappa shape index (κ3) is 5.19. The van der Waals surface area contributed by atoms with Gasteiger partial charge in [-0.1, -0.05) is 15.9 Å². The first-order chi connectivity index (χ1) is 14.4. The first kappa shape index (κ1) is 21.8. The molecule has 158 valence electrons. The number of aromatic amines is 1. The second-order valence-corrected chi connectivity index (χ2v) is 7.90. The molecule has 2 aromatic heterocycles. The average molecular weight is 493 g/mol. The van der Waals surface area contributed by atoms with Crippen molar-refractivity contribution in [3.05, 3.63) is 45.5 Å². The third-order valence-corrected chi connectivity index (χ3v) is 5.55. The number of hydrogen-bond acceptors (Lipinski definition) is 6. The summed E-state index contributed by atoms with van der Waals surface area (Å²) >= 11 is 4.79. The summed E-state index contributed by atoms with van der Waals surface area (Å²) in [5.74, 6) is 0.467. The number of nitrogens with zero attached hydrogens (tertiary/aromatic N) is 1. The van der Waals surface area contributed by atoms with Crippen LogP contribution in [0.2, 0.25) is 0 Å². The Labute approximate surface area is 185 Å². The Balaban J connectivity index is 1.70. The van der Waals surface area contributed by atoms with Gasteiger partial charge in [-0.25, -0.2) is 4.98 Å². The highest BCUT2D eigenvalue weighted by Crippen LogP contribution is 2.34. The van der Waals surface area contributed by atoms with E-state index in [1.807, 2.05) is 13.8 Å². The zero-order valence-electron chi connectivity index (χ0n) is 16.5. The predicted octanol–water partition coefficient (Wildman–Crippen LogP) is 3.98. The molecule has 2 amide bonds. The molecular weight excluding hydrogens is 472 g/mol. The van der Waals surface area contributed by atoms with E-state index >= 15 is 0 Å². The normalized spacial score (nSPS) is 10.6. The van der Waals surface area contributed by atoms with Crippen LogP contribution in [0.3, 0.4) is 0 Å². The summed E-state index contributed by atoms with van der Waals surface area (Å²) in [6.07, 6.45) is 1.78. The van der Waals surface area contributed by atoms with Gasteiger partial charge in [0.25, 0.3) is 5.91 Å². The molecular formula is C20H21BrN4O4S. The summed E-state index contributed by atoms with van der Waals surface area (Å²) in [5, 5.41) is 5.06. The zero-order valence-corrected chi connectivity index (χ0v) is 18.9. The van der Waals surface area contributed by atoms with Crippen molar-refractivity contribution in [1.82, 2.24) is 9.97 Å². The monoisotopic (exact) mass is 492 g/mol. The fourth-order valence-corrected chi connectivity index (χ4v) is 3.93. The molecule has 0 aliphatic rings. The summed E-state index contributed by atoms with van der Waals surface area (Å²) in [6, 6.07) is 5.23. The number of nitrogens with one attached hydrogen (secondary N) is 2. The van der Waals surface area contributed by atoms with Crippen LogP contribution in [0.15, 0.2) is 34.2 Å². The van der Waals surface area contributed by atoms with Crippen LogP contribution in [-0.4, -0.2) is 35.0 Å². The van der Waals surface area contributed by atoms with E-state index in [4.69, 9.17) is 15.2 Å². The summed E-state index contributed by atoms with van der Waals surface area (Å²) in [7, 11) is 0. The lowest BCUT2D eigenvalue weighted by Gasteiger charge is -2.14. The maximum atomic E-state index is 12.5. The number of H-pyrrole nitrogens is 1. The van der Waals surface area contributed by atoms with Crippen molar-refractivity contribution >= 4 is 44.2 Å². The second kappa shape index (κ2) is 9.77. The average Bonchev–Trinajstić information content (AvgIpc) is 3.35. The van der Waals surface area contributed by atoms with Gasteiger partial charge in [-0.15, -0.1) is 11.3 Å². The number of halogens is 1. The Morgan fingerprint density at radius 1 is 1.20 bits per heavy atom. The molecule has 0 aliphatic heterocycles. The number of amides is 2. The van der Waals surface area contributed by atoms with Gasteiger partial charge in [-0.2, -0.15) is 0 Å². The molecule has 0 radical (unpaired) electrons. The quantitative estimate of drug-likeness (QED) is 0.417. The molecule has 3 aromatic rings. The van der Waals surface area contributed by atoms with Gasteiger partial charge in [0.05, 0.1) is 25.3 Å². The van der Waals surface area contributed by atoms with Crippen LogP contribution in [0.1, 0.15) is 29.9 Å². The third-order valence-electron chi connectivity index (χ3n) is 4.06. The minimum Gasteiger partial charge on any atom is -0.490 e. The lowest BCUT2D eigenvalue weighted by atomic mass is 10.1. The lowest BCUT2D eigenvalue weighted by molar-refractivity contribution is -0.115. The van der Waals surface area contributed by atoms with Crippen molar-refractivity contribution < 1.29 is 19.1 Å². The van der Waals surface area contributed by atoms with Crippen molar-refractivity contribution in [1.29, 1.82) is 0 Å². The topological polar surface area (TPSA) is 119 Å². The van der Waals surface area contributed by atoms with E-state index in [-0.39, 0.29) is 12.3 Å². The molecule has 0 aliphatic carbocycles. The first-order valence-electron chi connectivity index (χ1n) is 9.23. The van der Waals surface area contributed by atoms with Gasteiger partial charge >= 0.3 is 0 Å². The van der Waals surface area contributed by atoms with Gasteiger partial charge in [0, 0.05) is 21.6 Å². The van der Waals surface area contributed by atoms with Crippen LogP contribution in [0.4, 0.5) is 5.13 Å². The Morgan fingerprint density at radius 3 is 2.53 bits per heavy atom.